The van der Waals surface area contributed by atoms with Gasteiger partial charge in [0.2, 0.25) is 0 Å². The summed E-state index contributed by atoms with van der Waals surface area (Å²) >= 11 is 0. The quantitative estimate of drug-likeness (QED) is 0.428. The highest BCUT2D eigenvalue weighted by atomic mass is 28.3. The summed E-state index contributed by atoms with van der Waals surface area (Å²) in [5.41, 5.74) is 3.72. The van der Waals surface area contributed by atoms with E-state index in [9.17, 15) is 0 Å². The predicted octanol–water partition coefficient (Wildman–Crippen LogP) is 5.22. The fraction of sp³-hybridized carbons (Fsp3) is 0. The van der Waals surface area contributed by atoms with E-state index >= 15 is 0 Å². The van der Waals surface area contributed by atoms with E-state index in [1.807, 2.05) is 0 Å². The first-order chi connectivity index (χ1) is 13.3. The molecule has 129 valence electrons. The van der Waals surface area contributed by atoms with E-state index in [0.29, 0.717) is 0 Å². The van der Waals surface area contributed by atoms with Crippen LogP contribution in [0.3, 0.4) is 0 Å². The van der Waals surface area contributed by atoms with Crippen LogP contribution in [0.25, 0.3) is 16.3 Å². The van der Waals surface area contributed by atoms with Gasteiger partial charge in [-0.05, 0) is 21.9 Å². The lowest BCUT2D eigenvalue weighted by Crippen LogP contribution is -2.43. The van der Waals surface area contributed by atoms with Gasteiger partial charge in [-0.15, -0.1) is 0 Å². The van der Waals surface area contributed by atoms with Crippen LogP contribution in [0.1, 0.15) is 5.56 Å². The van der Waals surface area contributed by atoms with Crippen molar-refractivity contribution in [2.75, 3.05) is 0 Å². The highest BCUT2D eigenvalue weighted by Crippen LogP contribution is 2.29. The van der Waals surface area contributed by atoms with E-state index in [4.69, 9.17) is 0 Å². The highest BCUT2D eigenvalue weighted by molar-refractivity contribution is 6.99. The summed E-state index contributed by atoms with van der Waals surface area (Å²) in [7, 11) is -1.15. The number of hydrogen-bond donors (Lipinski definition) is 0. The average molecular weight is 362 g/mol. The molecule has 0 unspecified atom stereocenters. The minimum Gasteiger partial charge on any atom is -0.0986 e. The van der Waals surface area contributed by atoms with Crippen LogP contribution in [0.4, 0.5) is 0 Å². The Morgan fingerprint density at radius 2 is 0.963 bits per heavy atom. The molecule has 0 saturated carbocycles. The van der Waals surface area contributed by atoms with Gasteiger partial charge >= 0.3 is 0 Å². The second kappa shape index (κ2) is 8.03. The molecule has 1 heteroatoms. The SMILES string of the molecule is C=C(c1ccccc1-c1ccccc1)[Si](c1ccccc1)c1ccccc1. The second-order valence-electron chi connectivity index (χ2n) is 6.50. The summed E-state index contributed by atoms with van der Waals surface area (Å²) in [5.74, 6) is 0. The Kier molecular flexibility index (Phi) is 5.13. The van der Waals surface area contributed by atoms with Crippen molar-refractivity contribution in [1.29, 1.82) is 0 Å². The van der Waals surface area contributed by atoms with Gasteiger partial charge < -0.3 is 0 Å². The number of hydrogen-bond acceptors (Lipinski definition) is 0. The van der Waals surface area contributed by atoms with Crippen molar-refractivity contribution < 1.29 is 0 Å². The van der Waals surface area contributed by atoms with Crippen LogP contribution >= 0.6 is 0 Å². The van der Waals surface area contributed by atoms with Crippen LogP contribution in [0, 0.1) is 0 Å². The molecule has 0 saturated heterocycles. The maximum Gasteiger partial charge on any atom is 0.154 e. The van der Waals surface area contributed by atoms with E-state index in [1.165, 1.54) is 32.3 Å². The first kappa shape index (κ1) is 17.3. The molecule has 0 aromatic heterocycles. The van der Waals surface area contributed by atoms with Crippen LogP contribution < -0.4 is 10.4 Å². The molecule has 0 aliphatic carbocycles. The average Bonchev–Trinajstić information content (AvgIpc) is 2.76. The van der Waals surface area contributed by atoms with Crippen molar-refractivity contribution in [3.63, 3.8) is 0 Å². The van der Waals surface area contributed by atoms with Crippen LogP contribution in [-0.4, -0.2) is 8.80 Å². The molecule has 0 aliphatic heterocycles. The molecule has 0 amide bonds. The van der Waals surface area contributed by atoms with Crippen molar-refractivity contribution in [2.45, 2.75) is 0 Å². The summed E-state index contributed by atoms with van der Waals surface area (Å²) in [4.78, 5) is 0. The summed E-state index contributed by atoms with van der Waals surface area (Å²) in [6, 6.07) is 40.8. The van der Waals surface area contributed by atoms with Crippen LogP contribution in [-0.2, 0) is 0 Å². The zero-order chi connectivity index (χ0) is 18.5. The van der Waals surface area contributed by atoms with Crippen LogP contribution in [0.2, 0.25) is 0 Å². The molecule has 0 atom stereocenters. The van der Waals surface area contributed by atoms with E-state index in [0.717, 1.165) is 0 Å². The van der Waals surface area contributed by atoms with Gasteiger partial charge in [0, 0.05) is 0 Å². The molecule has 1 radical (unpaired) electrons. The van der Waals surface area contributed by atoms with Gasteiger partial charge in [-0.25, -0.2) is 0 Å². The number of rotatable bonds is 5. The summed E-state index contributed by atoms with van der Waals surface area (Å²) in [5, 5.41) is 3.94. The maximum absolute atomic E-state index is 4.61. The molecule has 0 spiro atoms. The molecule has 0 bridgehead atoms. The van der Waals surface area contributed by atoms with Gasteiger partial charge in [0.05, 0.1) is 0 Å². The Balaban J connectivity index is 1.85. The normalized spacial score (nSPS) is 10.7. The summed E-state index contributed by atoms with van der Waals surface area (Å²) in [6.45, 7) is 4.61. The monoisotopic (exact) mass is 361 g/mol. The maximum atomic E-state index is 4.61. The lowest BCUT2D eigenvalue weighted by Gasteiger charge is -2.21. The standard InChI is InChI=1S/C26H21Si/c1-21(25-19-11-12-20-26(25)22-13-5-2-6-14-22)27(23-15-7-3-8-16-23)24-17-9-4-10-18-24/h2-20H,1H2. The minimum absolute atomic E-state index is 1.15. The fourth-order valence-corrected chi connectivity index (χ4v) is 6.04. The zero-order valence-corrected chi connectivity index (χ0v) is 16.2. The Bertz CT molecular complexity index is 982. The first-order valence-electron chi connectivity index (χ1n) is 9.16. The predicted molar refractivity (Wildman–Crippen MR) is 119 cm³/mol. The Morgan fingerprint density at radius 1 is 0.519 bits per heavy atom. The second-order valence-corrected chi connectivity index (χ2v) is 9.01. The topological polar surface area (TPSA) is 0 Å². The van der Waals surface area contributed by atoms with Gasteiger partial charge in [-0.3, -0.25) is 0 Å². The molecule has 0 fully saturated rings. The molecule has 4 rings (SSSR count). The summed E-state index contributed by atoms with van der Waals surface area (Å²) in [6.07, 6.45) is 0. The molecule has 0 N–H and O–H groups in total. The van der Waals surface area contributed by atoms with Gasteiger partial charge in [0.25, 0.3) is 0 Å². The van der Waals surface area contributed by atoms with E-state index in [2.05, 4.69) is 122 Å². The van der Waals surface area contributed by atoms with Crippen molar-refractivity contribution in [3.8, 4) is 11.1 Å². The largest absolute Gasteiger partial charge is 0.154 e. The van der Waals surface area contributed by atoms with Crippen molar-refractivity contribution in [3.05, 3.63) is 127 Å². The molecular formula is C26H21Si. The summed E-state index contributed by atoms with van der Waals surface area (Å²) < 4.78 is 0. The van der Waals surface area contributed by atoms with E-state index in [1.54, 1.807) is 0 Å². The smallest absolute Gasteiger partial charge is 0.0986 e. The van der Waals surface area contributed by atoms with Gasteiger partial charge in [0.15, 0.2) is 8.80 Å². The van der Waals surface area contributed by atoms with Crippen molar-refractivity contribution in [1.82, 2.24) is 0 Å². The molecule has 4 aromatic carbocycles. The van der Waals surface area contributed by atoms with E-state index < -0.39 is 8.80 Å². The molecular weight excluding hydrogens is 340 g/mol. The van der Waals surface area contributed by atoms with E-state index in [-0.39, 0.29) is 0 Å². The third-order valence-corrected chi connectivity index (χ3v) is 7.46. The Labute approximate surface area is 163 Å². The lowest BCUT2D eigenvalue weighted by atomic mass is 10.00. The van der Waals surface area contributed by atoms with Gasteiger partial charge in [-0.1, -0.05) is 132 Å². The van der Waals surface area contributed by atoms with Crippen molar-refractivity contribution in [2.24, 2.45) is 0 Å². The van der Waals surface area contributed by atoms with Gasteiger partial charge in [0.1, 0.15) is 0 Å². The Morgan fingerprint density at radius 3 is 1.52 bits per heavy atom. The number of benzene rings is 4. The molecule has 4 aromatic rings. The zero-order valence-electron chi connectivity index (χ0n) is 15.2. The Hall–Kier alpha value is -3.16. The minimum atomic E-state index is -1.15. The molecule has 0 aliphatic rings. The third-order valence-electron chi connectivity index (χ3n) is 4.76. The molecule has 27 heavy (non-hydrogen) atoms. The van der Waals surface area contributed by atoms with Crippen molar-refractivity contribution >= 4 is 24.4 Å². The van der Waals surface area contributed by atoms with Crippen LogP contribution in [0.5, 0.6) is 0 Å². The molecule has 0 nitrogen and oxygen atoms in total. The van der Waals surface area contributed by atoms with Crippen LogP contribution in [0.15, 0.2) is 122 Å². The molecule has 0 heterocycles. The highest BCUT2D eigenvalue weighted by Gasteiger charge is 2.23. The third kappa shape index (κ3) is 3.69. The fourth-order valence-electron chi connectivity index (χ4n) is 3.48. The first-order valence-corrected chi connectivity index (χ1v) is 10.7. The lowest BCUT2D eigenvalue weighted by molar-refractivity contribution is 1.58. The van der Waals surface area contributed by atoms with Gasteiger partial charge in [-0.2, -0.15) is 0 Å².